The fraction of sp³-hybridized carbons (Fsp3) is 1.00. The molecule has 0 aromatic carbocycles. The third-order valence-corrected chi connectivity index (χ3v) is 4.43. The van der Waals surface area contributed by atoms with E-state index in [9.17, 15) is 0 Å². The minimum Gasteiger partial charge on any atom is -0.316 e. The fourth-order valence-electron chi connectivity index (χ4n) is 2.29. The Kier molecular flexibility index (Phi) is 7.50. The monoisotopic (exact) mass is 244 g/mol. The Bertz CT molecular complexity index is 169. The van der Waals surface area contributed by atoms with Crippen molar-refractivity contribution in [1.29, 1.82) is 0 Å². The summed E-state index contributed by atoms with van der Waals surface area (Å²) >= 11 is 1.96. The van der Waals surface area contributed by atoms with Crippen molar-refractivity contribution in [2.75, 3.05) is 38.7 Å². The summed E-state index contributed by atoms with van der Waals surface area (Å²) in [5.41, 5.74) is 0. The van der Waals surface area contributed by atoms with E-state index >= 15 is 0 Å². The molecule has 96 valence electrons. The summed E-state index contributed by atoms with van der Waals surface area (Å²) in [5.74, 6) is 2.21. The van der Waals surface area contributed by atoms with E-state index in [1.54, 1.807) is 0 Å². The molecule has 2 nitrogen and oxygen atoms in total. The Morgan fingerprint density at radius 1 is 1.50 bits per heavy atom. The Labute approximate surface area is 106 Å². The van der Waals surface area contributed by atoms with E-state index in [-0.39, 0.29) is 0 Å². The van der Waals surface area contributed by atoms with E-state index in [4.69, 9.17) is 0 Å². The van der Waals surface area contributed by atoms with Gasteiger partial charge in [0.15, 0.2) is 0 Å². The van der Waals surface area contributed by atoms with Crippen molar-refractivity contribution in [3.8, 4) is 0 Å². The zero-order valence-electron chi connectivity index (χ0n) is 11.2. The summed E-state index contributed by atoms with van der Waals surface area (Å²) in [4.78, 5) is 2.53. The number of rotatable bonds is 7. The summed E-state index contributed by atoms with van der Waals surface area (Å²) in [5, 5.41) is 3.50. The van der Waals surface area contributed by atoms with Crippen LogP contribution in [-0.4, -0.2) is 49.6 Å². The third kappa shape index (κ3) is 5.55. The first-order chi connectivity index (χ1) is 7.74. The molecule has 2 atom stereocenters. The summed E-state index contributed by atoms with van der Waals surface area (Å²) in [6.07, 6.45) is 7.69. The molecule has 1 rings (SSSR count). The molecular weight excluding hydrogens is 216 g/mol. The van der Waals surface area contributed by atoms with Crippen molar-refractivity contribution in [2.45, 2.75) is 38.6 Å². The van der Waals surface area contributed by atoms with E-state index in [0.29, 0.717) is 0 Å². The molecule has 0 aromatic heterocycles. The largest absolute Gasteiger partial charge is 0.316 e. The van der Waals surface area contributed by atoms with Crippen molar-refractivity contribution in [3.05, 3.63) is 0 Å². The van der Waals surface area contributed by atoms with Crippen LogP contribution in [-0.2, 0) is 0 Å². The number of hydrogen-bond acceptors (Lipinski definition) is 3. The van der Waals surface area contributed by atoms with Gasteiger partial charge in [0.05, 0.1) is 0 Å². The van der Waals surface area contributed by atoms with Gasteiger partial charge in [0, 0.05) is 6.04 Å². The van der Waals surface area contributed by atoms with Gasteiger partial charge in [0.1, 0.15) is 0 Å². The summed E-state index contributed by atoms with van der Waals surface area (Å²) in [6, 6.07) is 0.740. The highest BCUT2D eigenvalue weighted by Gasteiger charge is 2.15. The predicted molar refractivity (Wildman–Crippen MR) is 75.3 cm³/mol. The molecule has 0 aromatic rings. The number of nitrogens with one attached hydrogen (secondary N) is 1. The lowest BCUT2D eigenvalue weighted by molar-refractivity contribution is 0.222. The van der Waals surface area contributed by atoms with Crippen LogP contribution in [0.15, 0.2) is 0 Å². The van der Waals surface area contributed by atoms with Gasteiger partial charge in [0.2, 0.25) is 0 Å². The Morgan fingerprint density at radius 3 is 2.94 bits per heavy atom. The molecule has 1 heterocycles. The van der Waals surface area contributed by atoms with Crippen LogP contribution < -0.4 is 5.32 Å². The fourth-order valence-corrected chi connectivity index (χ4v) is 2.86. The highest BCUT2D eigenvalue weighted by molar-refractivity contribution is 7.98. The van der Waals surface area contributed by atoms with Gasteiger partial charge in [-0.25, -0.2) is 0 Å². The molecule has 0 aliphatic carbocycles. The first kappa shape index (κ1) is 14.3. The average Bonchev–Trinajstić information content (AvgIpc) is 2.34. The molecule has 0 radical (unpaired) electrons. The van der Waals surface area contributed by atoms with Gasteiger partial charge in [-0.3, -0.25) is 0 Å². The molecule has 0 saturated carbocycles. The molecule has 1 N–H and O–H groups in total. The molecule has 2 unspecified atom stereocenters. The second kappa shape index (κ2) is 8.37. The van der Waals surface area contributed by atoms with Gasteiger partial charge < -0.3 is 10.2 Å². The molecule has 1 aliphatic rings. The van der Waals surface area contributed by atoms with Crippen LogP contribution in [0.25, 0.3) is 0 Å². The quantitative estimate of drug-likeness (QED) is 0.740. The molecule has 0 amide bonds. The Balaban J connectivity index is 2.10. The highest BCUT2D eigenvalue weighted by Crippen LogP contribution is 2.15. The molecule has 16 heavy (non-hydrogen) atoms. The predicted octanol–water partition coefficient (Wildman–Crippen LogP) is 2.45. The Hall–Kier alpha value is 0.270. The van der Waals surface area contributed by atoms with Crippen LogP contribution in [0.1, 0.15) is 32.6 Å². The van der Waals surface area contributed by atoms with Gasteiger partial charge in [0.25, 0.3) is 0 Å². The SMILES string of the molecule is CSCCC(C)N(C)CCC1CCCNC1. The van der Waals surface area contributed by atoms with Crippen LogP contribution in [0.4, 0.5) is 0 Å². The van der Waals surface area contributed by atoms with E-state index in [1.807, 2.05) is 11.8 Å². The van der Waals surface area contributed by atoms with Gasteiger partial charge in [-0.05, 0) is 77.2 Å². The maximum absolute atomic E-state index is 3.50. The number of nitrogens with zero attached hydrogens (tertiary/aromatic N) is 1. The van der Waals surface area contributed by atoms with Crippen LogP contribution >= 0.6 is 11.8 Å². The van der Waals surface area contributed by atoms with E-state index < -0.39 is 0 Å². The van der Waals surface area contributed by atoms with Crippen molar-refractivity contribution in [1.82, 2.24) is 10.2 Å². The topological polar surface area (TPSA) is 15.3 Å². The van der Waals surface area contributed by atoms with Gasteiger partial charge >= 0.3 is 0 Å². The lowest BCUT2D eigenvalue weighted by atomic mass is 9.96. The second-order valence-corrected chi connectivity index (χ2v) is 6.10. The van der Waals surface area contributed by atoms with Crippen molar-refractivity contribution < 1.29 is 0 Å². The third-order valence-electron chi connectivity index (χ3n) is 3.78. The molecule has 0 spiro atoms. The van der Waals surface area contributed by atoms with Crippen LogP contribution in [0.5, 0.6) is 0 Å². The van der Waals surface area contributed by atoms with E-state index in [1.165, 1.54) is 51.1 Å². The van der Waals surface area contributed by atoms with Crippen molar-refractivity contribution in [3.63, 3.8) is 0 Å². The molecule has 1 aliphatic heterocycles. The van der Waals surface area contributed by atoms with Crippen molar-refractivity contribution >= 4 is 11.8 Å². The maximum atomic E-state index is 3.50. The summed E-state index contributed by atoms with van der Waals surface area (Å²) in [7, 11) is 2.28. The van der Waals surface area contributed by atoms with Gasteiger partial charge in [-0.2, -0.15) is 11.8 Å². The van der Waals surface area contributed by atoms with Crippen LogP contribution in [0.3, 0.4) is 0 Å². The first-order valence-corrected chi connectivity index (χ1v) is 8.03. The molecule has 1 fully saturated rings. The first-order valence-electron chi connectivity index (χ1n) is 6.64. The van der Waals surface area contributed by atoms with Gasteiger partial charge in [-0.15, -0.1) is 0 Å². The van der Waals surface area contributed by atoms with E-state index in [2.05, 4.69) is 30.4 Å². The zero-order chi connectivity index (χ0) is 11.8. The standard InChI is InChI=1S/C13H28N2S/c1-12(7-10-16-3)15(2)9-6-13-5-4-8-14-11-13/h12-14H,4-11H2,1-3H3. The molecule has 3 heteroatoms. The van der Waals surface area contributed by atoms with Crippen LogP contribution in [0, 0.1) is 5.92 Å². The normalized spacial score (nSPS) is 23.6. The molecule has 0 bridgehead atoms. The number of thioether (sulfide) groups is 1. The minimum atomic E-state index is 0.740. The summed E-state index contributed by atoms with van der Waals surface area (Å²) in [6.45, 7) is 6.10. The van der Waals surface area contributed by atoms with Crippen LogP contribution in [0.2, 0.25) is 0 Å². The summed E-state index contributed by atoms with van der Waals surface area (Å²) < 4.78 is 0. The lowest BCUT2D eigenvalue weighted by Gasteiger charge is -2.28. The number of piperidine rings is 1. The minimum absolute atomic E-state index is 0.740. The maximum Gasteiger partial charge on any atom is 0.00717 e. The number of hydrogen-bond donors (Lipinski definition) is 1. The zero-order valence-corrected chi connectivity index (χ0v) is 12.0. The lowest BCUT2D eigenvalue weighted by Crippen LogP contribution is -2.35. The smallest absolute Gasteiger partial charge is 0.00717 e. The van der Waals surface area contributed by atoms with Gasteiger partial charge in [-0.1, -0.05) is 0 Å². The Morgan fingerprint density at radius 2 is 2.31 bits per heavy atom. The molecular formula is C13H28N2S. The highest BCUT2D eigenvalue weighted by atomic mass is 32.2. The molecule has 1 saturated heterocycles. The van der Waals surface area contributed by atoms with Crippen molar-refractivity contribution in [2.24, 2.45) is 5.92 Å². The average molecular weight is 244 g/mol. The second-order valence-electron chi connectivity index (χ2n) is 5.11. The van der Waals surface area contributed by atoms with E-state index in [0.717, 1.165) is 12.0 Å².